The summed E-state index contributed by atoms with van der Waals surface area (Å²) in [5.41, 5.74) is 5.74. The molecular weight excluding hydrogens is 270 g/mol. The zero-order valence-corrected chi connectivity index (χ0v) is 13.4. The molecule has 1 saturated heterocycles. The summed E-state index contributed by atoms with van der Waals surface area (Å²) >= 11 is 0. The van der Waals surface area contributed by atoms with Crippen molar-refractivity contribution >= 4 is 11.8 Å². The number of ether oxygens (including phenoxy) is 1. The van der Waals surface area contributed by atoms with E-state index in [4.69, 9.17) is 10.5 Å². The van der Waals surface area contributed by atoms with E-state index in [0.717, 1.165) is 19.3 Å². The Kier molecular flexibility index (Phi) is 7.67. The van der Waals surface area contributed by atoms with Crippen LogP contribution in [0.3, 0.4) is 0 Å². The molecule has 6 nitrogen and oxygen atoms in total. The van der Waals surface area contributed by atoms with Gasteiger partial charge < -0.3 is 20.7 Å². The van der Waals surface area contributed by atoms with Crippen molar-refractivity contribution in [3.05, 3.63) is 0 Å². The van der Waals surface area contributed by atoms with E-state index < -0.39 is 0 Å². The van der Waals surface area contributed by atoms with Gasteiger partial charge in [0.25, 0.3) is 0 Å². The molecule has 0 aromatic rings. The molecule has 1 aliphatic heterocycles. The lowest BCUT2D eigenvalue weighted by Crippen LogP contribution is -2.49. The SMILES string of the molecule is COCC(=O)NC1CCN(C(=O)C(CN)CC(C)C)CC1. The van der Waals surface area contributed by atoms with E-state index in [9.17, 15) is 9.59 Å². The lowest BCUT2D eigenvalue weighted by molar-refractivity contribution is -0.137. The fraction of sp³-hybridized carbons (Fsp3) is 0.867. The van der Waals surface area contributed by atoms with Crippen molar-refractivity contribution < 1.29 is 14.3 Å². The molecule has 1 rings (SSSR count). The second-order valence-corrected chi connectivity index (χ2v) is 6.16. The molecule has 1 fully saturated rings. The van der Waals surface area contributed by atoms with Crippen LogP contribution < -0.4 is 11.1 Å². The van der Waals surface area contributed by atoms with E-state index >= 15 is 0 Å². The zero-order valence-electron chi connectivity index (χ0n) is 13.4. The van der Waals surface area contributed by atoms with Crippen molar-refractivity contribution in [2.75, 3.05) is 33.4 Å². The third kappa shape index (κ3) is 6.01. The molecule has 3 N–H and O–H groups in total. The van der Waals surface area contributed by atoms with Gasteiger partial charge in [-0.3, -0.25) is 9.59 Å². The van der Waals surface area contributed by atoms with Crippen LogP contribution in [0.2, 0.25) is 0 Å². The van der Waals surface area contributed by atoms with Crippen LogP contribution in [-0.2, 0) is 14.3 Å². The quantitative estimate of drug-likeness (QED) is 0.711. The molecule has 1 aliphatic rings. The van der Waals surface area contributed by atoms with Crippen molar-refractivity contribution in [2.24, 2.45) is 17.6 Å². The Morgan fingerprint density at radius 3 is 2.43 bits per heavy atom. The Hall–Kier alpha value is -1.14. The van der Waals surface area contributed by atoms with E-state index in [1.165, 1.54) is 7.11 Å². The topological polar surface area (TPSA) is 84.7 Å². The van der Waals surface area contributed by atoms with Gasteiger partial charge in [-0.05, 0) is 25.2 Å². The predicted molar refractivity (Wildman–Crippen MR) is 81.6 cm³/mol. The lowest BCUT2D eigenvalue weighted by atomic mass is 9.94. The van der Waals surface area contributed by atoms with Crippen molar-refractivity contribution in [3.8, 4) is 0 Å². The van der Waals surface area contributed by atoms with Crippen LogP contribution in [0.15, 0.2) is 0 Å². The van der Waals surface area contributed by atoms with E-state index in [-0.39, 0.29) is 30.4 Å². The average Bonchev–Trinajstić information content (AvgIpc) is 2.45. The van der Waals surface area contributed by atoms with Crippen LogP contribution in [0.1, 0.15) is 33.1 Å². The summed E-state index contributed by atoms with van der Waals surface area (Å²) in [6.45, 7) is 6.07. The van der Waals surface area contributed by atoms with Gasteiger partial charge in [-0.15, -0.1) is 0 Å². The largest absolute Gasteiger partial charge is 0.375 e. The first-order valence-corrected chi connectivity index (χ1v) is 7.75. The first kappa shape index (κ1) is 17.9. The zero-order chi connectivity index (χ0) is 15.8. The van der Waals surface area contributed by atoms with Gasteiger partial charge >= 0.3 is 0 Å². The maximum atomic E-state index is 12.4. The molecule has 0 bridgehead atoms. The number of amides is 2. The van der Waals surface area contributed by atoms with Crippen molar-refractivity contribution in [2.45, 2.75) is 39.2 Å². The highest BCUT2D eigenvalue weighted by molar-refractivity contribution is 5.79. The maximum Gasteiger partial charge on any atom is 0.246 e. The predicted octanol–water partition coefficient (Wildman–Crippen LogP) is 0.361. The van der Waals surface area contributed by atoms with Gasteiger partial charge in [0, 0.05) is 32.8 Å². The normalized spacial score (nSPS) is 17.9. The minimum atomic E-state index is -0.0954. The Morgan fingerprint density at radius 2 is 1.95 bits per heavy atom. The van der Waals surface area contributed by atoms with Crippen molar-refractivity contribution in [1.29, 1.82) is 0 Å². The minimum Gasteiger partial charge on any atom is -0.375 e. The Balaban J connectivity index is 2.41. The highest BCUT2D eigenvalue weighted by Gasteiger charge is 2.28. The lowest BCUT2D eigenvalue weighted by Gasteiger charge is -2.34. The van der Waals surface area contributed by atoms with Crippen LogP contribution in [0, 0.1) is 11.8 Å². The summed E-state index contributed by atoms with van der Waals surface area (Å²) in [5.74, 6) is 0.452. The molecule has 1 atom stereocenters. The first-order valence-electron chi connectivity index (χ1n) is 7.75. The number of carbonyl (C=O) groups excluding carboxylic acids is 2. The van der Waals surface area contributed by atoms with Gasteiger partial charge in [0.15, 0.2) is 0 Å². The molecule has 1 heterocycles. The molecule has 2 amide bonds. The molecule has 21 heavy (non-hydrogen) atoms. The second kappa shape index (κ2) is 9.00. The summed E-state index contributed by atoms with van der Waals surface area (Å²) in [4.78, 5) is 25.8. The van der Waals surface area contributed by atoms with Crippen LogP contribution in [-0.4, -0.2) is 56.1 Å². The number of rotatable bonds is 7. The highest BCUT2D eigenvalue weighted by Crippen LogP contribution is 2.17. The van der Waals surface area contributed by atoms with Crippen LogP contribution in [0.4, 0.5) is 0 Å². The molecule has 6 heteroatoms. The molecule has 0 radical (unpaired) electrons. The number of likely N-dealkylation sites (tertiary alicyclic amines) is 1. The third-order valence-corrected chi connectivity index (χ3v) is 3.84. The summed E-state index contributed by atoms with van der Waals surface area (Å²) in [5, 5.41) is 2.93. The van der Waals surface area contributed by atoms with E-state index in [2.05, 4.69) is 19.2 Å². The Labute approximate surface area is 127 Å². The van der Waals surface area contributed by atoms with Gasteiger partial charge in [-0.25, -0.2) is 0 Å². The van der Waals surface area contributed by atoms with Crippen LogP contribution in [0.5, 0.6) is 0 Å². The van der Waals surface area contributed by atoms with Gasteiger partial charge in [-0.2, -0.15) is 0 Å². The number of piperidine rings is 1. The summed E-state index contributed by atoms with van der Waals surface area (Å²) < 4.78 is 4.80. The number of nitrogens with one attached hydrogen (secondary N) is 1. The second-order valence-electron chi connectivity index (χ2n) is 6.16. The van der Waals surface area contributed by atoms with Gasteiger partial charge in [0.2, 0.25) is 11.8 Å². The Morgan fingerprint density at radius 1 is 1.33 bits per heavy atom. The fourth-order valence-electron chi connectivity index (χ4n) is 2.77. The number of methoxy groups -OCH3 is 1. The van der Waals surface area contributed by atoms with E-state index in [0.29, 0.717) is 25.6 Å². The molecule has 122 valence electrons. The van der Waals surface area contributed by atoms with Crippen LogP contribution in [0.25, 0.3) is 0 Å². The minimum absolute atomic E-state index is 0.0790. The fourth-order valence-corrected chi connectivity index (χ4v) is 2.77. The monoisotopic (exact) mass is 299 g/mol. The van der Waals surface area contributed by atoms with E-state index in [1.807, 2.05) is 4.90 Å². The molecule has 0 aliphatic carbocycles. The molecule has 0 aromatic carbocycles. The summed E-state index contributed by atoms with van der Waals surface area (Å²) in [6, 6.07) is 0.137. The molecule has 1 unspecified atom stereocenters. The van der Waals surface area contributed by atoms with Crippen molar-refractivity contribution in [3.63, 3.8) is 0 Å². The van der Waals surface area contributed by atoms with Crippen molar-refractivity contribution in [1.82, 2.24) is 10.2 Å². The number of hydrogen-bond acceptors (Lipinski definition) is 4. The number of hydrogen-bond donors (Lipinski definition) is 2. The smallest absolute Gasteiger partial charge is 0.246 e. The van der Waals surface area contributed by atoms with Gasteiger partial charge in [-0.1, -0.05) is 13.8 Å². The molecule has 0 aromatic heterocycles. The molecule has 0 saturated carbocycles. The first-order chi connectivity index (χ1) is 9.97. The highest BCUT2D eigenvalue weighted by atomic mass is 16.5. The van der Waals surface area contributed by atoms with Crippen LogP contribution >= 0.6 is 0 Å². The van der Waals surface area contributed by atoms with Gasteiger partial charge in [0.1, 0.15) is 6.61 Å². The summed E-state index contributed by atoms with van der Waals surface area (Å²) in [7, 11) is 1.50. The standard InChI is InChI=1S/C15H29N3O3/c1-11(2)8-12(9-16)15(20)18-6-4-13(5-7-18)17-14(19)10-21-3/h11-13H,4-10,16H2,1-3H3,(H,17,19). The van der Waals surface area contributed by atoms with Gasteiger partial charge in [0.05, 0.1) is 5.92 Å². The maximum absolute atomic E-state index is 12.4. The summed E-state index contributed by atoms with van der Waals surface area (Å²) in [6.07, 6.45) is 2.42. The number of nitrogens with two attached hydrogens (primary N) is 1. The molecular formula is C15H29N3O3. The molecule has 0 spiro atoms. The Bertz CT molecular complexity index is 339. The van der Waals surface area contributed by atoms with E-state index in [1.54, 1.807) is 0 Å². The number of carbonyl (C=O) groups is 2. The average molecular weight is 299 g/mol. The third-order valence-electron chi connectivity index (χ3n) is 3.84. The number of nitrogens with zero attached hydrogens (tertiary/aromatic N) is 1.